The highest BCUT2D eigenvalue weighted by Crippen LogP contribution is 2.38. The third kappa shape index (κ3) is 14.4. The number of nitrogens with one attached hydrogen (secondary N) is 1. The lowest BCUT2D eigenvalue weighted by molar-refractivity contribution is -0.142. The molecule has 65 heavy (non-hydrogen) atoms. The SMILES string of the molecule is CB(O)N1CC(c2cc(F)ccc2F)=C[C@H]1c1ccccc1.CC(C)(C)OC(=O)N[C@H](C(=O)O)C(C)(C)C.CC(C)(C)[C@H](N)C(=O)N1CC(c2cc(F)ccc2F)=C[C@H]1c1ccccc1. The van der Waals surface area contributed by atoms with Gasteiger partial charge >= 0.3 is 19.1 Å². The maximum atomic E-state index is 14.3. The van der Waals surface area contributed by atoms with Crippen LogP contribution in [0.15, 0.2) is 109 Å². The van der Waals surface area contributed by atoms with Crippen LogP contribution < -0.4 is 11.1 Å². The predicted molar refractivity (Wildman–Crippen MR) is 247 cm³/mol. The molecule has 2 amide bonds. The molecule has 0 aromatic heterocycles. The molecule has 0 saturated heterocycles. The minimum atomic E-state index is -1.07. The van der Waals surface area contributed by atoms with Crippen molar-refractivity contribution in [3.63, 3.8) is 0 Å². The molecule has 4 aromatic rings. The van der Waals surface area contributed by atoms with Gasteiger partial charge in [-0.2, -0.15) is 0 Å². The lowest BCUT2D eigenvalue weighted by atomic mass is 9.83. The second-order valence-electron chi connectivity index (χ2n) is 19.2. The number of hydrogen-bond donors (Lipinski definition) is 4. The van der Waals surface area contributed by atoms with Gasteiger partial charge in [0.15, 0.2) is 0 Å². The Bertz CT molecular complexity index is 2340. The lowest BCUT2D eigenvalue weighted by Gasteiger charge is -2.33. The molecule has 0 unspecified atom stereocenters. The standard InChI is InChI=1S/C22H24F2N2O.C17H16BF2NO.C11H21NO4/c1-22(2,3)20(25)21(27)26-13-15(17-12-16(23)9-10-18(17)24)11-19(26)14-7-5-4-6-8-14;1-18(22)21-11-13(15-10-14(19)7-8-16(15)20)9-17(21)12-5-3-2-4-6-12;1-10(2,3)7(8(13)14)12-9(15)16-11(4,5)6/h4-12,19-20H,13,25H2,1-3H3;2-10,17,22H,11H2,1H3;7H,1-6H3,(H,12,15)(H,13,14)/t19-,20+;17-;7-/m001/s1. The molecule has 2 heterocycles. The number of ether oxygens (including phenoxy) is 1. The van der Waals surface area contributed by atoms with Gasteiger partial charge < -0.3 is 35.6 Å². The van der Waals surface area contributed by atoms with E-state index in [2.05, 4.69) is 5.32 Å². The lowest BCUT2D eigenvalue weighted by Crippen LogP contribution is -2.50. The number of aliphatic carboxylic acids is 1. The van der Waals surface area contributed by atoms with Crippen molar-refractivity contribution in [3.8, 4) is 0 Å². The second kappa shape index (κ2) is 21.5. The van der Waals surface area contributed by atoms with Crippen LogP contribution in [0.3, 0.4) is 0 Å². The first kappa shape index (κ1) is 51.9. The minimum absolute atomic E-state index is 0.154. The number of amides is 2. The molecule has 4 aromatic carbocycles. The average molecular weight is 901 g/mol. The zero-order valence-corrected chi connectivity index (χ0v) is 38.7. The molecule has 4 atom stereocenters. The van der Waals surface area contributed by atoms with Crippen LogP contribution in [0, 0.1) is 34.1 Å². The van der Waals surface area contributed by atoms with Crippen LogP contribution in [0.4, 0.5) is 22.4 Å². The molecule has 0 bridgehead atoms. The summed E-state index contributed by atoms with van der Waals surface area (Å²) in [5.74, 6) is -3.22. The first-order chi connectivity index (χ1) is 30.2. The molecule has 0 saturated carbocycles. The van der Waals surface area contributed by atoms with Gasteiger partial charge in [-0.1, -0.05) is 114 Å². The molecule has 5 N–H and O–H groups in total. The Balaban J connectivity index is 0.000000221. The average Bonchev–Trinajstić information content (AvgIpc) is 3.87. The van der Waals surface area contributed by atoms with E-state index in [-0.39, 0.29) is 35.7 Å². The van der Waals surface area contributed by atoms with Gasteiger partial charge in [-0.15, -0.1) is 0 Å². The summed E-state index contributed by atoms with van der Waals surface area (Å²) in [7, 11) is -0.685. The quantitative estimate of drug-likeness (QED) is 0.101. The zero-order valence-electron chi connectivity index (χ0n) is 38.7. The number of halogens is 4. The van der Waals surface area contributed by atoms with Gasteiger partial charge in [0.1, 0.15) is 34.9 Å². The summed E-state index contributed by atoms with van der Waals surface area (Å²) >= 11 is 0. The third-order valence-corrected chi connectivity index (χ3v) is 10.7. The van der Waals surface area contributed by atoms with Crippen LogP contribution in [0.25, 0.3) is 11.1 Å². The monoisotopic (exact) mass is 900 g/mol. The molecule has 10 nitrogen and oxygen atoms in total. The van der Waals surface area contributed by atoms with Gasteiger partial charge in [-0.25, -0.2) is 27.2 Å². The molecule has 6 rings (SSSR count). The van der Waals surface area contributed by atoms with E-state index in [9.17, 15) is 37.0 Å². The number of carboxylic acid groups (broad SMARTS) is 1. The van der Waals surface area contributed by atoms with E-state index in [1.165, 1.54) is 12.1 Å². The number of alkyl carbamates (subject to hydrolysis) is 1. The number of carbonyl (C=O) groups excluding carboxylic acids is 2. The minimum Gasteiger partial charge on any atom is -0.480 e. The highest BCUT2D eigenvalue weighted by molar-refractivity contribution is 6.45. The third-order valence-electron chi connectivity index (χ3n) is 10.7. The molecular weight excluding hydrogens is 839 g/mol. The molecule has 15 heteroatoms. The summed E-state index contributed by atoms with van der Waals surface area (Å²) in [5, 5.41) is 21.3. The molecular formula is C50H61BF4N4O6. The zero-order chi connectivity index (χ0) is 48.6. The number of benzene rings is 4. The number of rotatable bonds is 8. The number of nitrogens with zero attached hydrogens (tertiary/aromatic N) is 2. The summed E-state index contributed by atoms with van der Waals surface area (Å²) < 4.78 is 60.4. The molecule has 0 radical (unpaired) electrons. The van der Waals surface area contributed by atoms with E-state index in [4.69, 9.17) is 15.6 Å². The van der Waals surface area contributed by atoms with Gasteiger partial charge in [-0.05, 0) is 97.1 Å². The summed E-state index contributed by atoms with van der Waals surface area (Å²) in [6.45, 7) is 18.3. The van der Waals surface area contributed by atoms with Crippen LogP contribution in [0.5, 0.6) is 0 Å². The van der Waals surface area contributed by atoms with Crippen molar-refractivity contribution >= 4 is 36.2 Å². The highest BCUT2D eigenvalue weighted by atomic mass is 19.1. The van der Waals surface area contributed by atoms with Crippen molar-refractivity contribution in [1.29, 1.82) is 0 Å². The van der Waals surface area contributed by atoms with Crippen molar-refractivity contribution in [2.45, 2.75) is 98.9 Å². The van der Waals surface area contributed by atoms with E-state index < -0.39 is 70.9 Å². The first-order valence-corrected chi connectivity index (χ1v) is 21.3. The molecule has 0 aliphatic carbocycles. The molecule has 0 fully saturated rings. The summed E-state index contributed by atoms with van der Waals surface area (Å²) in [6, 6.07) is 23.8. The van der Waals surface area contributed by atoms with Crippen molar-refractivity contribution < 1.29 is 46.8 Å². The van der Waals surface area contributed by atoms with Crippen molar-refractivity contribution in [2.24, 2.45) is 16.6 Å². The largest absolute Gasteiger partial charge is 0.480 e. The van der Waals surface area contributed by atoms with Crippen LogP contribution in [-0.2, 0) is 14.3 Å². The Hall–Kier alpha value is -5.77. The molecule has 0 spiro atoms. The second-order valence-corrected chi connectivity index (χ2v) is 19.2. The molecule has 348 valence electrons. The number of carboxylic acids is 1. The van der Waals surface area contributed by atoms with Crippen LogP contribution in [0.1, 0.15) is 96.7 Å². The highest BCUT2D eigenvalue weighted by Gasteiger charge is 2.38. The summed E-state index contributed by atoms with van der Waals surface area (Å²) in [4.78, 5) is 39.0. The Morgan fingerprint density at radius 2 is 1.15 bits per heavy atom. The Labute approximate surface area is 380 Å². The Morgan fingerprint density at radius 1 is 0.708 bits per heavy atom. The number of nitrogens with two attached hydrogens (primary N) is 1. The number of hydrogen-bond acceptors (Lipinski definition) is 7. The van der Waals surface area contributed by atoms with E-state index >= 15 is 0 Å². The van der Waals surface area contributed by atoms with Gasteiger partial charge in [0.25, 0.3) is 0 Å². The van der Waals surface area contributed by atoms with Gasteiger partial charge in [0.2, 0.25) is 5.91 Å². The molecule has 2 aliphatic heterocycles. The fourth-order valence-electron chi connectivity index (χ4n) is 7.15. The maximum Gasteiger partial charge on any atom is 0.408 e. The maximum absolute atomic E-state index is 14.3. The van der Waals surface area contributed by atoms with Crippen molar-refractivity contribution in [1.82, 2.24) is 15.0 Å². The van der Waals surface area contributed by atoms with Crippen molar-refractivity contribution in [3.05, 3.63) is 155 Å². The normalized spacial score (nSPS) is 17.3. The topological polar surface area (TPSA) is 145 Å². The van der Waals surface area contributed by atoms with Gasteiger partial charge in [0, 0.05) is 30.3 Å². The van der Waals surface area contributed by atoms with E-state index in [1.54, 1.807) is 53.3 Å². The molecule has 2 aliphatic rings. The van der Waals surface area contributed by atoms with E-state index in [0.29, 0.717) is 17.7 Å². The fraction of sp³-hybridized carbons (Fsp3) is 0.380. The van der Waals surface area contributed by atoms with Crippen LogP contribution in [-0.4, -0.2) is 75.6 Å². The first-order valence-electron chi connectivity index (χ1n) is 21.3. The summed E-state index contributed by atoms with van der Waals surface area (Å²) in [5.41, 5.74) is 8.20. The Kier molecular flexibility index (Phi) is 17.1. The predicted octanol–water partition coefficient (Wildman–Crippen LogP) is 9.83. The fourth-order valence-corrected chi connectivity index (χ4v) is 7.15. The van der Waals surface area contributed by atoms with Crippen molar-refractivity contribution in [2.75, 3.05) is 13.1 Å². The van der Waals surface area contributed by atoms with Crippen LogP contribution in [0.2, 0.25) is 6.82 Å². The Morgan fingerprint density at radius 3 is 1.57 bits per heavy atom. The smallest absolute Gasteiger partial charge is 0.408 e. The van der Waals surface area contributed by atoms with Crippen LogP contribution >= 0.6 is 0 Å². The van der Waals surface area contributed by atoms with E-state index in [0.717, 1.165) is 35.4 Å². The summed E-state index contributed by atoms with van der Waals surface area (Å²) in [6.07, 6.45) is 3.00. The number of carbonyl (C=O) groups is 3. The van der Waals surface area contributed by atoms with Gasteiger partial charge in [-0.3, -0.25) is 4.79 Å². The van der Waals surface area contributed by atoms with E-state index in [1.807, 2.05) is 98.4 Å². The van der Waals surface area contributed by atoms with Gasteiger partial charge in [0.05, 0.1) is 12.1 Å².